The molecule has 3 rings (SSSR count). The topological polar surface area (TPSA) is 78.9 Å². The van der Waals surface area contributed by atoms with Crippen LogP contribution in [0.2, 0.25) is 0 Å². The van der Waals surface area contributed by atoms with Crippen LogP contribution in [-0.4, -0.2) is 48.3 Å². The third kappa shape index (κ3) is 5.31. The summed E-state index contributed by atoms with van der Waals surface area (Å²) in [6, 6.07) is 14.9. The molecular weight excluding hydrogens is 344 g/mol. The van der Waals surface area contributed by atoms with Gasteiger partial charge in [0.05, 0.1) is 12.1 Å². The van der Waals surface area contributed by atoms with Crippen molar-refractivity contribution in [2.24, 2.45) is 0 Å². The van der Waals surface area contributed by atoms with E-state index in [1.807, 2.05) is 36.4 Å². The monoisotopic (exact) mass is 368 g/mol. The predicted octanol–water partition coefficient (Wildman–Crippen LogP) is 3.62. The van der Waals surface area contributed by atoms with Crippen molar-refractivity contribution in [3.05, 3.63) is 54.1 Å². The number of hydrogen-bond donors (Lipinski definition) is 2. The number of carbonyl (C=O) groups excluding carboxylic acids is 1. The zero-order chi connectivity index (χ0) is 19.2. The summed E-state index contributed by atoms with van der Waals surface area (Å²) in [6.07, 6.45) is 0.925. The Morgan fingerprint density at radius 1 is 1.15 bits per heavy atom. The van der Waals surface area contributed by atoms with Gasteiger partial charge in [-0.1, -0.05) is 42.5 Å². The minimum atomic E-state index is -0.915. The van der Waals surface area contributed by atoms with Crippen LogP contribution in [0.4, 0.5) is 10.5 Å². The van der Waals surface area contributed by atoms with Crippen LogP contribution in [0, 0.1) is 0 Å². The van der Waals surface area contributed by atoms with Gasteiger partial charge < -0.3 is 14.7 Å². The minimum Gasteiger partial charge on any atom is -0.481 e. The number of aliphatic carboxylic acids is 1. The third-order valence-corrected chi connectivity index (χ3v) is 4.70. The van der Waals surface area contributed by atoms with Crippen molar-refractivity contribution < 1.29 is 19.4 Å². The van der Waals surface area contributed by atoms with E-state index >= 15 is 0 Å². The number of likely N-dealkylation sites (tertiary alicyclic amines) is 1. The van der Waals surface area contributed by atoms with Crippen molar-refractivity contribution in [3.8, 4) is 11.1 Å². The lowest BCUT2D eigenvalue weighted by molar-refractivity contribution is -0.136. The highest BCUT2D eigenvalue weighted by molar-refractivity contribution is 5.92. The Kier molecular flexibility index (Phi) is 6.08. The number of anilines is 1. The lowest BCUT2D eigenvalue weighted by Crippen LogP contribution is -2.36. The van der Waals surface area contributed by atoms with E-state index in [-0.39, 0.29) is 12.5 Å². The molecule has 1 fully saturated rings. The first kappa shape index (κ1) is 18.9. The second-order valence-corrected chi connectivity index (χ2v) is 6.85. The summed E-state index contributed by atoms with van der Waals surface area (Å²) >= 11 is 0. The summed E-state index contributed by atoms with van der Waals surface area (Å²) in [7, 11) is 2.05. The fourth-order valence-corrected chi connectivity index (χ4v) is 3.24. The zero-order valence-electron chi connectivity index (χ0n) is 15.4. The predicted molar refractivity (Wildman–Crippen MR) is 104 cm³/mol. The SMILES string of the molecule is CN1CCC(OC(=O)Nc2cc(CC(=O)O)ccc2-c2ccccc2)CC1. The van der Waals surface area contributed by atoms with Crippen molar-refractivity contribution in [2.75, 3.05) is 25.5 Å². The van der Waals surface area contributed by atoms with E-state index < -0.39 is 12.1 Å². The molecule has 2 aromatic rings. The number of benzene rings is 2. The van der Waals surface area contributed by atoms with E-state index in [1.165, 1.54) is 0 Å². The molecule has 0 atom stereocenters. The summed E-state index contributed by atoms with van der Waals surface area (Å²) in [4.78, 5) is 25.7. The summed E-state index contributed by atoms with van der Waals surface area (Å²) < 4.78 is 5.56. The van der Waals surface area contributed by atoms with Gasteiger partial charge in [-0.05, 0) is 37.1 Å². The molecule has 0 radical (unpaired) electrons. The van der Waals surface area contributed by atoms with Gasteiger partial charge in [0.1, 0.15) is 6.10 Å². The summed E-state index contributed by atoms with van der Waals surface area (Å²) in [6.45, 7) is 1.81. The van der Waals surface area contributed by atoms with E-state index in [4.69, 9.17) is 9.84 Å². The van der Waals surface area contributed by atoms with Gasteiger partial charge in [-0.25, -0.2) is 4.79 Å². The molecule has 0 saturated carbocycles. The second kappa shape index (κ2) is 8.68. The van der Waals surface area contributed by atoms with Crippen molar-refractivity contribution in [1.82, 2.24) is 4.90 Å². The van der Waals surface area contributed by atoms with Gasteiger partial charge in [0.2, 0.25) is 0 Å². The maximum absolute atomic E-state index is 12.4. The first-order valence-corrected chi connectivity index (χ1v) is 9.07. The Balaban J connectivity index is 1.78. The number of amides is 1. The van der Waals surface area contributed by atoms with Gasteiger partial charge in [0.25, 0.3) is 0 Å². The normalized spacial score (nSPS) is 15.3. The highest BCUT2D eigenvalue weighted by atomic mass is 16.6. The number of nitrogens with one attached hydrogen (secondary N) is 1. The molecule has 1 amide bonds. The van der Waals surface area contributed by atoms with Crippen molar-refractivity contribution in [1.29, 1.82) is 0 Å². The fraction of sp³-hybridized carbons (Fsp3) is 0.333. The Hall–Kier alpha value is -2.86. The molecule has 1 aliphatic rings. The smallest absolute Gasteiger partial charge is 0.411 e. The van der Waals surface area contributed by atoms with Crippen LogP contribution in [0.1, 0.15) is 18.4 Å². The molecule has 0 spiro atoms. The molecule has 1 aliphatic heterocycles. The van der Waals surface area contributed by atoms with Crippen molar-refractivity contribution >= 4 is 17.7 Å². The molecule has 2 aromatic carbocycles. The maximum Gasteiger partial charge on any atom is 0.411 e. The highest BCUT2D eigenvalue weighted by Crippen LogP contribution is 2.29. The summed E-state index contributed by atoms with van der Waals surface area (Å²) in [5, 5.41) is 11.9. The highest BCUT2D eigenvalue weighted by Gasteiger charge is 2.21. The van der Waals surface area contributed by atoms with Crippen molar-refractivity contribution in [3.63, 3.8) is 0 Å². The third-order valence-electron chi connectivity index (χ3n) is 4.70. The molecule has 6 nitrogen and oxygen atoms in total. The fourth-order valence-electron chi connectivity index (χ4n) is 3.24. The molecule has 1 saturated heterocycles. The average Bonchev–Trinajstić information content (AvgIpc) is 2.64. The molecule has 0 bridgehead atoms. The van der Waals surface area contributed by atoms with E-state index in [9.17, 15) is 9.59 Å². The Labute approximate surface area is 158 Å². The van der Waals surface area contributed by atoms with Crippen LogP contribution < -0.4 is 5.32 Å². The zero-order valence-corrected chi connectivity index (χ0v) is 15.4. The Morgan fingerprint density at radius 3 is 2.52 bits per heavy atom. The number of nitrogens with zero attached hydrogens (tertiary/aromatic N) is 1. The molecule has 0 aliphatic carbocycles. The summed E-state index contributed by atoms with van der Waals surface area (Å²) in [5.41, 5.74) is 2.94. The lowest BCUT2D eigenvalue weighted by atomic mass is 10.0. The van der Waals surface area contributed by atoms with Crippen LogP contribution in [0.3, 0.4) is 0 Å². The minimum absolute atomic E-state index is 0.0939. The number of piperidine rings is 1. The standard InChI is InChI=1S/C21H24N2O4/c1-23-11-9-17(10-12-23)27-21(26)22-19-13-15(14-20(24)25)7-8-18(19)16-5-3-2-4-6-16/h2-8,13,17H,9-12,14H2,1H3,(H,22,26)(H,24,25). The second-order valence-electron chi connectivity index (χ2n) is 6.85. The molecule has 142 valence electrons. The number of rotatable bonds is 5. The van der Waals surface area contributed by atoms with E-state index in [0.29, 0.717) is 11.3 Å². The van der Waals surface area contributed by atoms with Gasteiger partial charge in [0.15, 0.2) is 0 Å². The van der Waals surface area contributed by atoms with E-state index in [1.54, 1.807) is 12.1 Å². The van der Waals surface area contributed by atoms with Crippen LogP contribution in [0.15, 0.2) is 48.5 Å². The largest absolute Gasteiger partial charge is 0.481 e. The van der Waals surface area contributed by atoms with Gasteiger partial charge in [0, 0.05) is 18.7 Å². The van der Waals surface area contributed by atoms with Gasteiger partial charge in [-0.15, -0.1) is 0 Å². The Bertz CT molecular complexity index is 799. The molecule has 2 N–H and O–H groups in total. The van der Waals surface area contributed by atoms with Gasteiger partial charge in [-0.3, -0.25) is 10.1 Å². The first-order chi connectivity index (χ1) is 13.0. The van der Waals surface area contributed by atoms with Crippen LogP contribution >= 0.6 is 0 Å². The number of hydrogen-bond acceptors (Lipinski definition) is 4. The molecule has 0 unspecified atom stereocenters. The average molecular weight is 368 g/mol. The Morgan fingerprint density at radius 2 is 1.85 bits per heavy atom. The van der Waals surface area contributed by atoms with E-state index in [0.717, 1.165) is 37.1 Å². The number of carboxylic acid groups (broad SMARTS) is 1. The maximum atomic E-state index is 12.4. The summed E-state index contributed by atoms with van der Waals surface area (Å²) in [5.74, 6) is -0.915. The quantitative estimate of drug-likeness (QED) is 0.843. The molecule has 0 aromatic heterocycles. The molecule has 1 heterocycles. The van der Waals surface area contributed by atoms with E-state index in [2.05, 4.69) is 17.3 Å². The van der Waals surface area contributed by atoms with Crippen molar-refractivity contribution in [2.45, 2.75) is 25.4 Å². The molecule has 6 heteroatoms. The molecule has 27 heavy (non-hydrogen) atoms. The van der Waals surface area contributed by atoms with Crippen LogP contribution in [-0.2, 0) is 16.0 Å². The van der Waals surface area contributed by atoms with Crippen LogP contribution in [0.25, 0.3) is 11.1 Å². The van der Waals surface area contributed by atoms with Crippen LogP contribution in [0.5, 0.6) is 0 Å². The molecular formula is C21H24N2O4. The van der Waals surface area contributed by atoms with Gasteiger partial charge in [-0.2, -0.15) is 0 Å². The first-order valence-electron chi connectivity index (χ1n) is 9.07. The number of carbonyl (C=O) groups is 2. The number of carboxylic acids is 1. The van der Waals surface area contributed by atoms with Gasteiger partial charge >= 0.3 is 12.1 Å². The lowest BCUT2D eigenvalue weighted by Gasteiger charge is -2.28. The number of ether oxygens (including phenoxy) is 1.